The van der Waals surface area contributed by atoms with Gasteiger partial charge in [0.25, 0.3) is 5.91 Å². The normalized spacial score (nSPS) is 23.8. The van der Waals surface area contributed by atoms with Crippen LogP contribution in [0.3, 0.4) is 0 Å². The average molecular weight is 890 g/mol. The van der Waals surface area contributed by atoms with E-state index in [9.17, 15) is 14.4 Å². The van der Waals surface area contributed by atoms with Crippen LogP contribution < -0.4 is 31.2 Å². The first-order valence-electron chi connectivity index (χ1n) is 23.5. The second-order valence-corrected chi connectivity index (χ2v) is 19.6. The van der Waals surface area contributed by atoms with Crippen LogP contribution in [0.5, 0.6) is 11.5 Å². The minimum atomic E-state index is -1.11. The van der Waals surface area contributed by atoms with Gasteiger partial charge in [0, 0.05) is 36.9 Å². The Morgan fingerprint density at radius 3 is 2.17 bits per heavy atom. The highest BCUT2D eigenvalue weighted by molar-refractivity contribution is 5.99. The number of methoxy groups -OCH3 is 2. The van der Waals surface area contributed by atoms with E-state index < -0.39 is 11.1 Å². The Morgan fingerprint density at radius 1 is 0.922 bits per heavy atom. The maximum Gasteiger partial charge on any atom is 0.332 e. The van der Waals surface area contributed by atoms with E-state index in [1.165, 1.54) is 6.42 Å². The fraction of sp³-hybridized carbons (Fsp3) is 0.673. The lowest BCUT2D eigenvalue weighted by molar-refractivity contribution is -0.180. The number of hydrogen-bond donors (Lipinski definition) is 4. The molecule has 15 nitrogen and oxygen atoms in total. The summed E-state index contributed by atoms with van der Waals surface area (Å²) in [6.45, 7) is 15.0. The topological polar surface area (TPSA) is 181 Å². The minimum absolute atomic E-state index is 0.0185. The molecule has 0 spiro atoms. The molecule has 0 saturated heterocycles. The van der Waals surface area contributed by atoms with Crippen LogP contribution in [0, 0.1) is 35.5 Å². The molecule has 4 fully saturated rings. The number of nitrogens with one attached hydrogen (secondary N) is 3. The van der Waals surface area contributed by atoms with Crippen LogP contribution in [0.2, 0.25) is 0 Å². The standard InChI is InChI=1S/C49H75N7O8/c1-32(2)38-29-37(51-17-10-19-55(6)20-11-18-52-44(57)31-63-23-22-62-21-16-50)14-15-40(38)56-41(45-42(60-7)12-9-13-43(45)61-8)30-39(54-56)46(58)53-49(47(59)64-48(3,4)5)35-25-33-24-34(27-35)28-36(49)26-33/h9,12-15,30,32-36,38,51H,10-11,16-29,31,50H2,1-8H3,(H,52,57)(H,53,58). The molecule has 7 rings (SSSR count). The maximum absolute atomic E-state index is 14.8. The minimum Gasteiger partial charge on any atom is -0.496 e. The van der Waals surface area contributed by atoms with Gasteiger partial charge in [-0.15, -0.1) is 0 Å². The van der Waals surface area contributed by atoms with Gasteiger partial charge < -0.3 is 50.3 Å². The number of carbonyl (C=O) groups excluding carboxylic acids is 3. The summed E-state index contributed by atoms with van der Waals surface area (Å²) < 4.78 is 30.4. The fourth-order valence-corrected chi connectivity index (χ4v) is 10.6. The Labute approximate surface area is 380 Å². The van der Waals surface area contributed by atoms with Crippen molar-refractivity contribution >= 4 is 23.5 Å². The molecule has 0 radical (unpaired) electrons. The molecular weight excluding hydrogens is 815 g/mol. The van der Waals surface area contributed by atoms with Crippen LogP contribution in [0.15, 0.2) is 42.1 Å². The Hall–Kier alpha value is -4.44. The predicted molar refractivity (Wildman–Crippen MR) is 248 cm³/mol. The lowest BCUT2D eigenvalue weighted by Crippen LogP contribution is -2.71. The second kappa shape index (κ2) is 22.2. The monoisotopic (exact) mass is 890 g/mol. The predicted octanol–water partition coefficient (Wildman–Crippen LogP) is 5.64. The fourth-order valence-electron chi connectivity index (χ4n) is 10.6. The zero-order valence-corrected chi connectivity index (χ0v) is 39.6. The summed E-state index contributed by atoms with van der Waals surface area (Å²) in [7, 11) is 5.35. The number of esters is 1. The molecule has 5 aliphatic carbocycles. The first-order valence-corrected chi connectivity index (χ1v) is 23.5. The summed E-state index contributed by atoms with van der Waals surface area (Å²) in [5.74, 6) is 1.85. The number of carbonyl (C=O) groups is 3. The molecule has 354 valence electrons. The van der Waals surface area contributed by atoms with Crippen LogP contribution in [0.1, 0.15) is 96.5 Å². The van der Waals surface area contributed by atoms with Gasteiger partial charge >= 0.3 is 5.97 Å². The van der Waals surface area contributed by atoms with Crippen molar-refractivity contribution in [3.8, 4) is 22.8 Å². The number of rotatable bonds is 24. The number of nitrogens with two attached hydrogens (primary N) is 1. The number of benzene rings is 1. The third-order valence-corrected chi connectivity index (χ3v) is 13.4. The van der Waals surface area contributed by atoms with Crippen molar-refractivity contribution in [1.82, 2.24) is 30.6 Å². The Balaban J connectivity index is 1.16. The Kier molecular flexibility index (Phi) is 17.0. The molecule has 2 amide bonds. The van der Waals surface area contributed by atoms with Gasteiger partial charge in [-0.1, -0.05) is 19.9 Å². The van der Waals surface area contributed by atoms with Crippen LogP contribution in [0.25, 0.3) is 17.0 Å². The van der Waals surface area contributed by atoms with Crippen molar-refractivity contribution in [2.24, 2.45) is 41.2 Å². The molecule has 1 unspecified atom stereocenters. The van der Waals surface area contributed by atoms with Crippen molar-refractivity contribution in [1.29, 1.82) is 0 Å². The summed E-state index contributed by atoms with van der Waals surface area (Å²) >= 11 is 0. The van der Waals surface area contributed by atoms with Gasteiger partial charge in [-0.3, -0.25) is 9.59 Å². The van der Waals surface area contributed by atoms with Crippen molar-refractivity contribution < 1.29 is 38.1 Å². The maximum atomic E-state index is 14.8. The van der Waals surface area contributed by atoms with Gasteiger partial charge in [0.1, 0.15) is 29.2 Å². The summed E-state index contributed by atoms with van der Waals surface area (Å²) in [5, 5.41) is 15.1. The SMILES string of the molecule is COc1cccc(OC)c1-c1cc(C(=O)NC2(C(=O)OC(C)(C)C)C3CC4CC(C3)CC2C4)nn1C1=CC=C(NCCCN(C)CCCNC(=O)COCCOCCN)CC1C(C)C. The molecule has 4 saturated carbocycles. The third kappa shape index (κ3) is 11.9. The molecule has 5 N–H and O–H groups in total. The largest absolute Gasteiger partial charge is 0.496 e. The zero-order valence-electron chi connectivity index (χ0n) is 39.6. The third-order valence-electron chi connectivity index (χ3n) is 13.4. The van der Waals surface area contributed by atoms with Crippen molar-refractivity contribution in [2.75, 3.05) is 80.4 Å². The zero-order chi connectivity index (χ0) is 46.0. The number of amides is 2. The highest BCUT2D eigenvalue weighted by Crippen LogP contribution is 2.59. The summed E-state index contributed by atoms with van der Waals surface area (Å²) in [4.78, 5) is 43.6. The molecule has 1 aromatic heterocycles. The smallest absolute Gasteiger partial charge is 0.332 e. The lowest BCUT2D eigenvalue weighted by Gasteiger charge is -2.59. The molecule has 2 aromatic rings. The first-order chi connectivity index (χ1) is 30.7. The quantitative estimate of drug-likeness (QED) is 0.0754. The molecule has 15 heteroatoms. The highest BCUT2D eigenvalue weighted by atomic mass is 16.6. The van der Waals surface area contributed by atoms with Crippen molar-refractivity contribution in [3.63, 3.8) is 0 Å². The molecule has 64 heavy (non-hydrogen) atoms. The molecule has 1 atom stereocenters. The van der Waals surface area contributed by atoms with E-state index in [4.69, 9.17) is 34.5 Å². The summed E-state index contributed by atoms with van der Waals surface area (Å²) in [6, 6.07) is 7.46. The molecule has 1 heterocycles. The van der Waals surface area contributed by atoms with E-state index in [1.54, 1.807) is 14.2 Å². The Morgan fingerprint density at radius 2 is 1.56 bits per heavy atom. The van der Waals surface area contributed by atoms with E-state index >= 15 is 0 Å². The van der Waals surface area contributed by atoms with Crippen LogP contribution in [0.4, 0.5) is 0 Å². The van der Waals surface area contributed by atoms with E-state index in [0.29, 0.717) is 67.5 Å². The van der Waals surface area contributed by atoms with E-state index in [1.807, 2.05) is 49.7 Å². The lowest BCUT2D eigenvalue weighted by atomic mass is 9.48. The molecule has 5 aliphatic rings. The van der Waals surface area contributed by atoms with Gasteiger partial charge in [-0.2, -0.15) is 5.10 Å². The summed E-state index contributed by atoms with van der Waals surface area (Å²) in [5.41, 5.74) is 7.26. The Bertz CT molecular complexity index is 1920. The number of aromatic nitrogens is 2. The molecule has 0 aliphatic heterocycles. The number of hydrogen-bond acceptors (Lipinski definition) is 12. The van der Waals surface area contributed by atoms with E-state index in [2.05, 4.69) is 53.9 Å². The number of ether oxygens (including phenoxy) is 5. The van der Waals surface area contributed by atoms with Gasteiger partial charge in [-0.25, -0.2) is 9.48 Å². The van der Waals surface area contributed by atoms with E-state index in [0.717, 1.165) is 76.0 Å². The van der Waals surface area contributed by atoms with Crippen LogP contribution in [-0.4, -0.2) is 124 Å². The molecular formula is C49H75N7O8. The molecule has 4 bridgehead atoms. The van der Waals surface area contributed by atoms with Gasteiger partial charge in [0.15, 0.2) is 5.69 Å². The van der Waals surface area contributed by atoms with Gasteiger partial charge in [0.05, 0.1) is 45.3 Å². The first kappa shape index (κ1) is 49.0. The van der Waals surface area contributed by atoms with Crippen molar-refractivity contribution in [3.05, 3.63) is 47.8 Å². The van der Waals surface area contributed by atoms with Crippen molar-refractivity contribution in [2.45, 2.75) is 97.1 Å². The van der Waals surface area contributed by atoms with Gasteiger partial charge in [-0.05, 0) is 152 Å². The van der Waals surface area contributed by atoms with Crippen LogP contribution >= 0.6 is 0 Å². The number of allylic oxidation sites excluding steroid dienone is 4. The van der Waals surface area contributed by atoms with E-state index in [-0.39, 0.29) is 53.8 Å². The van der Waals surface area contributed by atoms with Crippen LogP contribution in [-0.2, 0) is 23.8 Å². The summed E-state index contributed by atoms with van der Waals surface area (Å²) in [6.07, 6.45) is 11.7. The second-order valence-electron chi connectivity index (χ2n) is 19.6. The molecule has 1 aromatic carbocycles. The average Bonchev–Trinajstić information content (AvgIpc) is 3.70. The van der Waals surface area contributed by atoms with Gasteiger partial charge in [0.2, 0.25) is 5.91 Å². The number of nitrogens with zero attached hydrogens (tertiary/aromatic N) is 3. The highest BCUT2D eigenvalue weighted by Gasteiger charge is 2.63.